The lowest BCUT2D eigenvalue weighted by Gasteiger charge is -2.10. The van der Waals surface area contributed by atoms with Crippen molar-refractivity contribution in [1.82, 2.24) is 35.7 Å². The molecule has 8 nitrogen and oxygen atoms in total. The van der Waals surface area contributed by atoms with Gasteiger partial charge in [0.25, 0.3) is 0 Å². The molecule has 0 amide bonds. The first kappa shape index (κ1) is 20.5. The fourth-order valence-electron chi connectivity index (χ4n) is 4.38. The molecule has 5 aromatic rings. The highest BCUT2D eigenvalue weighted by molar-refractivity contribution is 5.91. The number of nitrogens with zero attached hydrogens (tertiary/aromatic N) is 4. The normalized spacial score (nSPS) is 14.8. The maximum atomic E-state index is 4.98. The molecule has 1 unspecified atom stereocenters. The summed E-state index contributed by atoms with van der Waals surface area (Å²) in [4.78, 5) is 21.4. The maximum Gasteiger partial charge on any atom is 0.130 e. The van der Waals surface area contributed by atoms with Crippen LogP contribution < -0.4 is 16.2 Å². The van der Waals surface area contributed by atoms with Crippen molar-refractivity contribution in [3.63, 3.8) is 0 Å². The van der Waals surface area contributed by atoms with Crippen molar-refractivity contribution >= 4 is 16.7 Å². The maximum absolute atomic E-state index is 4.98. The summed E-state index contributed by atoms with van der Waals surface area (Å²) in [5.41, 5.74) is 16.0. The lowest BCUT2D eigenvalue weighted by Crippen LogP contribution is -2.20. The number of pyridine rings is 3. The summed E-state index contributed by atoms with van der Waals surface area (Å²) in [6, 6.07) is 12.4. The molecule has 4 aromatic heterocycles. The summed E-state index contributed by atoms with van der Waals surface area (Å²) < 4.78 is 0. The predicted octanol–water partition coefficient (Wildman–Crippen LogP) is 4.21. The molecule has 1 aliphatic rings. The third-order valence-electron chi connectivity index (χ3n) is 6.10. The van der Waals surface area contributed by atoms with Gasteiger partial charge in [0.15, 0.2) is 0 Å². The molecular weight excluding hydrogens is 424 g/mol. The Bertz CT molecular complexity index is 1460. The molecule has 8 heteroatoms. The lowest BCUT2D eigenvalue weighted by molar-refractivity contribution is 0.690. The van der Waals surface area contributed by atoms with Gasteiger partial charge in [-0.25, -0.2) is 10.4 Å². The summed E-state index contributed by atoms with van der Waals surface area (Å²) in [6.45, 7) is 3.84. The molecule has 4 N–H and O–H groups in total. The second kappa shape index (κ2) is 8.66. The average molecular weight is 449 g/mol. The van der Waals surface area contributed by atoms with Gasteiger partial charge in [0.2, 0.25) is 0 Å². The largest absolute Gasteiger partial charge is 0.339 e. The van der Waals surface area contributed by atoms with Gasteiger partial charge < -0.3 is 15.7 Å². The zero-order chi connectivity index (χ0) is 22.9. The quantitative estimate of drug-likeness (QED) is 0.308. The number of aromatic amines is 1. The van der Waals surface area contributed by atoms with E-state index >= 15 is 0 Å². The molecule has 1 aliphatic heterocycles. The highest BCUT2D eigenvalue weighted by Gasteiger charge is 2.27. The lowest BCUT2D eigenvalue weighted by atomic mass is 9.99. The predicted molar refractivity (Wildman–Crippen MR) is 133 cm³/mol. The highest BCUT2D eigenvalue weighted by atomic mass is 15.4. The smallest absolute Gasteiger partial charge is 0.130 e. The SMILES string of the molecule is CCNCc1cncc(-c2ccc3c(c2)C(c2nc4c(-c5ccncc5)cncc4[nH]2)NN3)c1. The molecule has 0 fully saturated rings. The Morgan fingerprint density at radius 1 is 0.882 bits per heavy atom. The van der Waals surface area contributed by atoms with Crippen LogP contribution in [-0.4, -0.2) is 31.5 Å². The first-order chi connectivity index (χ1) is 16.8. The standard InChI is InChI=1S/C26H24N8/c1-2-27-11-16-9-19(13-29-12-16)18-3-4-22-20(10-18)25(34-33-22)26-31-23-15-30-14-21(24(23)32-26)17-5-7-28-8-6-17/h3-10,12-15,25,27,33-34H,2,11H2,1H3,(H,31,32). The van der Waals surface area contributed by atoms with Crippen molar-refractivity contribution in [3.8, 4) is 22.3 Å². The second-order valence-electron chi connectivity index (χ2n) is 8.31. The van der Waals surface area contributed by atoms with Crippen molar-refractivity contribution in [3.05, 3.63) is 90.5 Å². The van der Waals surface area contributed by atoms with Gasteiger partial charge in [-0.15, -0.1) is 0 Å². The fourth-order valence-corrected chi connectivity index (χ4v) is 4.38. The third-order valence-corrected chi connectivity index (χ3v) is 6.10. The Morgan fingerprint density at radius 3 is 2.65 bits per heavy atom. The number of aromatic nitrogens is 5. The zero-order valence-corrected chi connectivity index (χ0v) is 18.7. The molecule has 0 saturated heterocycles. The van der Waals surface area contributed by atoms with Crippen LogP contribution in [0.15, 0.2) is 73.6 Å². The number of benzene rings is 1. The van der Waals surface area contributed by atoms with Gasteiger partial charge in [-0.2, -0.15) is 0 Å². The van der Waals surface area contributed by atoms with Gasteiger partial charge in [-0.05, 0) is 53.6 Å². The minimum atomic E-state index is -0.120. The van der Waals surface area contributed by atoms with E-state index in [-0.39, 0.29) is 6.04 Å². The number of hydrogen-bond acceptors (Lipinski definition) is 7. The number of rotatable bonds is 6. The highest BCUT2D eigenvalue weighted by Crippen LogP contribution is 2.36. The third kappa shape index (κ3) is 3.68. The van der Waals surface area contributed by atoms with E-state index in [0.717, 1.165) is 63.5 Å². The van der Waals surface area contributed by atoms with Crippen LogP contribution in [0.5, 0.6) is 0 Å². The Balaban J connectivity index is 1.37. The van der Waals surface area contributed by atoms with Gasteiger partial charge in [0, 0.05) is 54.2 Å². The molecule has 34 heavy (non-hydrogen) atoms. The first-order valence-corrected chi connectivity index (χ1v) is 11.3. The summed E-state index contributed by atoms with van der Waals surface area (Å²) in [5, 5.41) is 3.36. The van der Waals surface area contributed by atoms with E-state index in [4.69, 9.17) is 4.98 Å². The van der Waals surface area contributed by atoms with Crippen LogP contribution in [-0.2, 0) is 6.54 Å². The second-order valence-corrected chi connectivity index (χ2v) is 8.31. The number of nitrogens with one attached hydrogen (secondary N) is 4. The van der Waals surface area contributed by atoms with Crippen LogP contribution in [0.1, 0.15) is 29.9 Å². The molecule has 0 saturated carbocycles. The molecule has 1 aromatic carbocycles. The van der Waals surface area contributed by atoms with Crippen LogP contribution in [0, 0.1) is 0 Å². The van der Waals surface area contributed by atoms with E-state index in [1.54, 1.807) is 12.4 Å². The minimum Gasteiger partial charge on any atom is -0.339 e. The molecule has 5 heterocycles. The van der Waals surface area contributed by atoms with Gasteiger partial charge in [0.1, 0.15) is 11.9 Å². The van der Waals surface area contributed by atoms with Gasteiger partial charge >= 0.3 is 0 Å². The zero-order valence-electron chi connectivity index (χ0n) is 18.7. The van der Waals surface area contributed by atoms with Crippen molar-refractivity contribution in [2.75, 3.05) is 12.0 Å². The van der Waals surface area contributed by atoms with E-state index < -0.39 is 0 Å². The molecular formula is C26H24N8. The molecule has 6 rings (SSSR count). The fraction of sp³-hybridized carbons (Fsp3) is 0.154. The monoisotopic (exact) mass is 448 g/mol. The number of anilines is 1. The van der Waals surface area contributed by atoms with E-state index in [0.29, 0.717) is 0 Å². The topological polar surface area (TPSA) is 103 Å². The molecule has 1 atom stereocenters. The van der Waals surface area contributed by atoms with Crippen LogP contribution in [0.2, 0.25) is 0 Å². The Kier molecular flexibility index (Phi) is 5.21. The molecule has 0 bridgehead atoms. The Hall–Kier alpha value is -4.14. The first-order valence-electron chi connectivity index (χ1n) is 11.3. The van der Waals surface area contributed by atoms with E-state index in [9.17, 15) is 0 Å². The number of imidazole rings is 1. The van der Waals surface area contributed by atoms with Crippen LogP contribution in [0.3, 0.4) is 0 Å². The molecule has 168 valence electrons. The van der Waals surface area contributed by atoms with Crippen molar-refractivity contribution in [2.24, 2.45) is 0 Å². The van der Waals surface area contributed by atoms with Gasteiger partial charge in [-0.1, -0.05) is 13.0 Å². The Morgan fingerprint density at radius 2 is 1.76 bits per heavy atom. The van der Waals surface area contributed by atoms with E-state index in [2.05, 4.69) is 67.3 Å². The molecule has 0 radical (unpaired) electrons. The van der Waals surface area contributed by atoms with Crippen LogP contribution >= 0.6 is 0 Å². The summed E-state index contributed by atoms with van der Waals surface area (Å²) in [6.07, 6.45) is 11.1. The molecule has 0 spiro atoms. The summed E-state index contributed by atoms with van der Waals surface area (Å²) in [7, 11) is 0. The molecule has 0 aliphatic carbocycles. The van der Waals surface area contributed by atoms with Crippen LogP contribution in [0.25, 0.3) is 33.3 Å². The number of hydrazine groups is 1. The number of hydrogen-bond donors (Lipinski definition) is 4. The van der Waals surface area contributed by atoms with Crippen molar-refractivity contribution in [2.45, 2.75) is 19.5 Å². The number of fused-ring (bicyclic) bond motifs is 2. The van der Waals surface area contributed by atoms with Crippen molar-refractivity contribution < 1.29 is 0 Å². The van der Waals surface area contributed by atoms with Gasteiger partial charge in [-0.3, -0.25) is 15.0 Å². The minimum absolute atomic E-state index is 0.120. The van der Waals surface area contributed by atoms with E-state index in [1.165, 1.54) is 5.56 Å². The average Bonchev–Trinajstić information content (AvgIpc) is 3.51. The Labute approximate surface area is 196 Å². The summed E-state index contributed by atoms with van der Waals surface area (Å²) >= 11 is 0. The number of H-pyrrole nitrogens is 1. The van der Waals surface area contributed by atoms with Gasteiger partial charge in [0.05, 0.1) is 22.9 Å². The van der Waals surface area contributed by atoms with Crippen molar-refractivity contribution in [1.29, 1.82) is 0 Å². The summed E-state index contributed by atoms with van der Waals surface area (Å²) in [5.74, 6) is 0.834. The van der Waals surface area contributed by atoms with Crippen LogP contribution in [0.4, 0.5) is 5.69 Å². The van der Waals surface area contributed by atoms with E-state index in [1.807, 2.05) is 36.9 Å².